The molecular weight excluding hydrogens is 210 g/mol. The van der Waals surface area contributed by atoms with Crippen LogP contribution < -0.4 is 5.32 Å². The molecule has 0 spiro atoms. The Morgan fingerprint density at radius 2 is 2.20 bits per heavy atom. The standard InChI is InChI=1S/C12H16ClNO/c1-12(2)6-10(12)14-7-8-4-3-5-9(13)11(8)15/h3-5,10,14-15H,6-7H2,1-2H3. The highest BCUT2D eigenvalue weighted by Gasteiger charge is 2.45. The maximum atomic E-state index is 9.69. The first-order valence-electron chi connectivity index (χ1n) is 5.20. The second kappa shape index (κ2) is 3.69. The molecule has 1 unspecified atom stereocenters. The molecule has 0 aliphatic heterocycles. The van der Waals surface area contributed by atoms with Crippen molar-refractivity contribution in [2.75, 3.05) is 0 Å². The van der Waals surface area contributed by atoms with E-state index in [0.29, 0.717) is 23.0 Å². The average Bonchev–Trinajstić information content (AvgIpc) is 2.77. The second-order valence-electron chi connectivity index (χ2n) is 4.87. The molecule has 0 radical (unpaired) electrons. The van der Waals surface area contributed by atoms with Crippen molar-refractivity contribution in [3.05, 3.63) is 28.8 Å². The van der Waals surface area contributed by atoms with E-state index < -0.39 is 0 Å². The summed E-state index contributed by atoms with van der Waals surface area (Å²) in [5.41, 5.74) is 1.28. The summed E-state index contributed by atoms with van der Waals surface area (Å²) in [6.45, 7) is 5.16. The fraction of sp³-hybridized carbons (Fsp3) is 0.500. The smallest absolute Gasteiger partial charge is 0.138 e. The number of para-hydroxylation sites is 1. The summed E-state index contributed by atoms with van der Waals surface area (Å²) in [5, 5.41) is 13.5. The van der Waals surface area contributed by atoms with Crippen molar-refractivity contribution >= 4 is 11.6 Å². The summed E-state index contributed by atoms with van der Waals surface area (Å²) >= 11 is 5.82. The van der Waals surface area contributed by atoms with E-state index in [2.05, 4.69) is 19.2 Å². The van der Waals surface area contributed by atoms with Gasteiger partial charge in [-0.2, -0.15) is 0 Å². The summed E-state index contributed by atoms with van der Waals surface area (Å²) in [4.78, 5) is 0. The molecule has 1 aromatic carbocycles. The molecule has 0 heterocycles. The minimum Gasteiger partial charge on any atom is -0.506 e. The largest absolute Gasteiger partial charge is 0.506 e. The minimum atomic E-state index is 0.199. The van der Waals surface area contributed by atoms with E-state index in [1.165, 1.54) is 6.42 Å². The number of aromatic hydroxyl groups is 1. The summed E-state index contributed by atoms with van der Waals surface area (Å²) in [5.74, 6) is 0.199. The molecule has 1 aliphatic rings. The van der Waals surface area contributed by atoms with Crippen molar-refractivity contribution < 1.29 is 5.11 Å². The Labute approximate surface area is 95.3 Å². The van der Waals surface area contributed by atoms with Crippen molar-refractivity contribution in [3.8, 4) is 5.75 Å². The van der Waals surface area contributed by atoms with Gasteiger partial charge < -0.3 is 10.4 Å². The summed E-state index contributed by atoms with van der Waals surface area (Å²) in [6, 6.07) is 6.01. The van der Waals surface area contributed by atoms with Crippen molar-refractivity contribution in [3.63, 3.8) is 0 Å². The van der Waals surface area contributed by atoms with Crippen molar-refractivity contribution in [2.45, 2.75) is 32.9 Å². The molecule has 0 bridgehead atoms. The predicted molar refractivity (Wildman–Crippen MR) is 62.1 cm³/mol. The molecule has 15 heavy (non-hydrogen) atoms. The molecule has 1 atom stereocenters. The van der Waals surface area contributed by atoms with Crippen LogP contribution in [0.4, 0.5) is 0 Å². The van der Waals surface area contributed by atoms with Gasteiger partial charge in [0.1, 0.15) is 5.75 Å². The van der Waals surface area contributed by atoms with Gasteiger partial charge in [-0.1, -0.05) is 37.6 Å². The van der Waals surface area contributed by atoms with Gasteiger partial charge in [0.2, 0.25) is 0 Å². The van der Waals surface area contributed by atoms with Crippen molar-refractivity contribution in [2.24, 2.45) is 5.41 Å². The van der Waals surface area contributed by atoms with E-state index >= 15 is 0 Å². The highest BCUT2D eigenvalue weighted by Crippen LogP contribution is 2.44. The molecule has 3 heteroatoms. The Morgan fingerprint density at radius 1 is 1.53 bits per heavy atom. The maximum Gasteiger partial charge on any atom is 0.138 e. The zero-order chi connectivity index (χ0) is 11.1. The molecule has 1 aliphatic carbocycles. The number of hydrogen-bond acceptors (Lipinski definition) is 2. The predicted octanol–water partition coefficient (Wildman–Crippen LogP) is 2.93. The van der Waals surface area contributed by atoms with Gasteiger partial charge in [0, 0.05) is 18.2 Å². The van der Waals surface area contributed by atoms with Crippen molar-refractivity contribution in [1.29, 1.82) is 0 Å². The Balaban J connectivity index is 1.97. The SMILES string of the molecule is CC1(C)CC1NCc1cccc(Cl)c1O. The molecule has 0 saturated heterocycles. The lowest BCUT2D eigenvalue weighted by atomic mass is 10.1. The topological polar surface area (TPSA) is 32.3 Å². The Hall–Kier alpha value is -0.730. The quantitative estimate of drug-likeness (QED) is 0.829. The van der Waals surface area contributed by atoms with Gasteiger partial charge in [0.25, 0.3) is 0 Å². The molecular formula is C12H16ClNO. The number of phenols is 1. The summed E-state index contributed by atoms with van der Waals surface area (Å²) in [6.07, 6.45) is 1.20. The molecule has 2 nitrogen and oxygen atoms in total. The second-order valence-corrected chi connectivity index (χ2v) is 5.28. The molecule has 0 amide bonds. The average molecular weight is 226 g/mol. The highest BCUT2D eigenvalue weighted by atomic mass is 35.5. The summed E-state index contributed by atoms with van der Waals surface area (Å²) < 4.78 is 0. The van der Waals surface area contributed by atoms with Crippen LogP contribution in [0.5, 0.6) is 5.75 Å². The molecule has 2 rings (SSSR count). The van der Waals surface area contributed by atoms with Crippen LogP contribution in [0.1, 0.15) is 25.8 Å². The summed E-state index contributed by atoms with van der Waals surface area (Å²) in [7, 11) is 0. The fourth-order valence-corrected chi connectivity index (χ4v) is 1.95. The lowest BCUT2D eigenvalue weighted by Gasteiger charge is -2.08. The van der Waals surface area contributed by atoms with E-state index in [9.17, 15) is 5.11 Å². The van der Waals surface area contributed by atoms with E-state index in [-0.39, 0.29) is 5.75 Å². The third-order valence-electron chi connectivity index (χ3n) is 3.12. The van der Waals surface area contributed by atoms with E-state index in [4.69, 9.17) is 11.6 Å². The minimum absolute atomic E-state index is 0.199. The van der Waals surface area contributed by atoms with Crippen molar-refractivity contribution in [1.82, 2.24) is 5.32 Å². The molecule has 0 aromatic heterocycles. The van der Waals surface area contributed by atoms with Gasteiger partial charge >= 0.3 is 0 Å². The number of rotatable bonds is 3. The van der Waals surface area contributed by atoms with Crippen LogP contribution in [0.25, 0.3) is 0 Å². The monoisotopic (exact) mass is 225 g/mol. The fourth-order valence-electron chi connectivity index (χ4n) is 1.75. The molecule has 1 fully saturated rings. The first-order chi connectivity index (χ1) is 7.00. The van der Waals surface area contributed by atoms with Crippen LogP contribution in [0.2, 0.25) is 5.02 Å². The van der Waals surface area contributed by atoms with Gasteiger partial charge in [0.15, 0.2) is 0 Å². The van der Waals surface area contributed by atoms with E-state index in [1.54, 1.807) is 6.07 Å². The number of halogens is 1. The van der Waals surface area contributed by atoms with E-state index in [0.717, 1.165) is 5.56 Å². The van der Waals surface area contributed by atoms with Crippen LogP contribution in [-0.4, -0.2) is 11.1 Å². The van der Waals surface area contributed by atoms with Gasteiger partial charge in [-0.15, -0.1) is 0 Å². The van der Waals surface area contributed by atoms with Crippen LogP contribution in [0.3, 0.4) is 0 Å². The Kier molecular flexibility index (Phi) is 2.65. The lowest BCUT2D eigenvalue weighted by Crippen LogP contribution is -2.19. The maximum absolute atomic E-state index is 9.69. The van der Waals surface area contributed by atoms with Crippen LogP contribution in [0.15, 0.2) is 18.2 Å². The van der Waals surface area contributed by atoms with Crippen LogP contribution in [-0.2, 0) is 6.54 Å². The Morgan fingerprint density at radius 3 is 2.80 bits per heavy atom. The molecule has 1 saturated carbocycles. The number of nitrogens with one attached hydrogen (secondary N) is 1. The molecule has 1 aromatic rings. The number of phenolic OH excluding ortho intramolecular Hbond substituents is 1. The zero-order valence-electron chi connectivity index (χ0n) is 9.05. The third kappa shape index (κ3) is 2.27. The van der Waals surface area contributed by atoms with Crippen LogP contribution >= 0.6 is 11.6 Å². The highest BCUT2D eigenvalue weighted by molar-refractivity contribution is 6.32. The molecule has 2 N–H and O–H groups in total. The lowest BCUT2D eigenvalue weighted by molar-refractivity contribution is 0.461. The van der Waals surface area contributed by atoms with Crippen LogP contribution in [0, 0.1) is 5.41 Å². The van der Waals surface area contributed by atoms with Gasteiger partial charge in [-0.05, 0) is 17.9 Å². The van der Waals surface area contributed by atoms with Gasteiger partial charge in [0.05, 0.1) is 5.02 Å². The number of hydrogen-bond donors (Lipinski definition) is 2. The third-order valence-corrected chi connectivity index (χ3v) is 3.43. The zero-order valence-corrected chi connectivity index (χ0v) is 9.80. The first-order valence-corrected chi connectivity index (χ1v) is 5.58. The molecule has 82 valence electrons. The number of benzene rings is 1. The van der Waals surface area contributed by atoms with E-state index in [1.807, 2.05) is 12.1 Å². The van der Waals surface area contributed by atoms with Gasteiger partial charge in [-0.3, -0.25) is 0 Å². The Bertz CT molecular complexity index is 376. The normalized spacial score (nSPS) is 22.7. The first kappa shape index (κ1) is 10.8. The van der Waals surface area contributed by atoms with Gasteiger partial charge in [-0.25, -0.2) is 0 Å².